The summed E-state index contributed by atoms with van der Waals surface area (Å²) >= 11 is 6.02. The summed E-state index contributed by atoms with van der Waals surface area (Å²) in [6.07, 6.45) is 0.408. The van der Waals surface area contributed by atoms with Crippen molar-refractivity contribution < 1.29 is 9.72 Å². The first-order valence-electron chi connectivity index (χ1n) is 6.38. The van der Waals surface area contributed by atoms with Crippen LogP contribution in [0.2, 0.25) is 5.02 Å². The molecule has 1 N–H and O–H groups in total. The Morgan fingerprint density at radius 3 is 2.70 bits per heavy atom. The van der Waals surface area contributed by atoms with Crippen molar-refractivity contribution in [3.05, 3.63) is 33.3 Å². The van der Waals surface area contributed by atoms with Gasteiger partial charge in [-0.15, -0.1) is 0 Å². The van der Waals surface area contributed by atoms with Gasteiger partial charge in [-0.05, 0) is 19.9 Å². The molecule has 1 aliphatic rings. The van der Waals surface area contributed by atoms with Gasteiger partial charge in [-0.3, -0.25) is 14.9 Å². The maximum atomic E-state index is 11.8. The average molecular weight is 298 g/mol. The highest BCUT2D eigenvalue weighted by Gasteiger charge is 2.31. The lowest BCUT2D eigenvalue weighted by molar-refractivity contribution is -0.384. The highest BCUT2D eigenvalue weighted by atomic mass is 35.5. The van der Waals surface area contributed by atoms with Gasteiger partial charge in [-0.2, -0.15) is 0 Å². The number of hydrogen-bond acceptors (Lipinski definition) is 4. The Kier molecular flexibility index (Phi) is 4.13. The molecule has 1 unspecified atom stereocenters. The summed E-state index contributed by atoms with van der Waals surface area (Å²) in [5, 5.41) is 14.1. The lowest BCUT2D eigenvalue weighted by Crippen LogP contribution is -2.33. The molecule has 1 saturated heterocycles. The van der Waals surface area contributed by atoms with Gasteiger partial charge in [-0.1, -0.05) is 11.6 Å². The fourth-order valence-electron chi connectivity index (χ4n) is 2.28. The molecule has 108 valence electrons. The van der Waals surface area contributed by atoms with Crippen LogP contribution in [-0.4, -0.2) is 34.4 Å². The van der Waals surface area contributed by atoms with E-state index in [-0.39, 0.29) is 28.7 Å². The second-order valence-corrected chi connectivity index (χ2v) is 5.51. The molecule has 0 spiro atoms. The lowest BCUT2D eigenvalue weighted by atomic mass is 10.2. The molecular formula is C13H16ClN3O3. The fraction of sp³-hybridized carbons (Fsp3) is 0.462. The van der Waals surface area contributed by atoms with Crippen molar-refractivity contribution in [1.29, 1.82) is 0 Å². The van der Waals surface area contributed by atoms with Crippen molar-refractivity contribution >= 4 is 28.9 Å². The first-order chi connectivity index (χ1) is 9.38. The molecule has 0 saturated carbocycles. The van der Waals surface area contributed by atoms with Crippen LogP contribution in [0, 0.1) is 10.1 Å². The number of nitrogens with one attached hydrogen (secondary N) is 1. The van der Waals surface area contributed by atoms with Crippen LogP contribution in [0.3, 0.4) is 0 Å². The molecule has 1 aromatic carbocycles. The van der Waals surface area contributed by atoms with Gasteiger partial charge >= 0.3 is 0 Å². The van der Waals surface area contributed by atoms with Gasteiger partial charge < -0.3 is 10.2 Å². The standard InChI is InChI=1S/C13H16ClN3O3/c1-8(2)16-7-9(5-13(16)18)15-12-4-3-10(17(19)20)6-11(12)14/h3-4,6,8-9,15H,5,7H2,1-2H3. The van der Waals surface area contributed by atoms with Crippen LogP contribution in [-0.2, 0) is 4.79 Å². The molecule has 1 aromatic rings. The van der Waals surface area contributed by atoms with Gasteiger partial charge in [0.2, 0.25) is 5.91 Å². The number of non-ortho nitro benzene ring substituents is 1. The van der Waals surface area contributed by atoms with Gasteiger partial charge in [0.1, 0.15) is 0 Å². The third-order valence-corrected chi connectivity index (χ3v) is 3.62. The molecule has 1 atom stereocenters. The monoisotopic (exact) mass is 297 g/mol. The third-order valence-electron chi connectivity index (χ3n) is 3.30. The molecule has 0 aliphatic carbocycles. The number of rotatable bonds is 4. The van der Waals surface area contributed by atoms with Crippen molar-refractivity contribution in [1.82, 2.24) is 4.90 Å². The van der Waals surface area contributed by atoms with Gasteiger partial charge in [0.25, 0.3) is 5.69 Å². The summed E-state index contributed by atoms with van der Waals surface area (Å²) in [7, 11) is 0. The summed E-state index contributed by atoms with van der Waals surface area (Å²) in [5.41, 5.74) is 0.563. The van der Waals surface area contributed by atoms with Crippen molar-refractivity contribution in [3.63, 3.8) is 0 Å². The van der Waals surface area contributed by atoms with E-state index < -0.39 is 4.92 Å². The van der Waals surface area contributed by atoms with E-state index in [0.717, 1.165) is 0 Å². The van der Waals surface area contributed by atoms with Crippen molar-refractivity contribution in [2.45, 2.75) is 32.4 Å². The number of hydrogen-bond donors (Lipinski definition) is 1. The molecule has 2 rings (SSSR count). The molecule has 0 radical (unpaired) electrons. The zero-order valence-electron chi connectivity index (χ0n) is 11.3. The number of carbonyl (C=O) groups is 1. The second kappa shape index (κ2) is 5.66. The molecule has 1 aliphatic heterocycles. The Morgan fingerprint density at radius 1 is 1.50 bits per heavy atom. The molecule has 1 heterocycles. The second-order valence-electron chi connectivity index (χ2n) is 5.11. The van der Waals surface area contributed by atoms with Crippen LogP contribution in [0.1, 0.15) is 20.3 Å². The van der Waals surface area contributed by atoms with Crippen LogP contribution in [0.5, 0.6) is 0 Å². The zero-order chi connectivity index (χ0) is 14.9. The molecule has 20 heavy (non-hydrogen) atoms. The van der Waals surface area contributed by atoms with E-state index in [1.54, 1.807) is 11.0 Å². The van der Waals surface area contributed by atoms with Crippen LogP contribution >= 0.6 is 11.6 Å². The Labute approximate surface area is 121 Å². The molecule has 1 fully saturated rings. The molecule has 1 amide bonds. The average Bonchev–Trinajstić information content (AvgIpc) is 2.73. The first kappa shape index (κ1) is 14.6. The van der Waals surface area contributed by atoms with Crippen molar-refractivity contribution in [2.24, 2.45) is 0 Å². The smallest absolute Gasteiger partial charge is 0.271 e. The molecular weight excluding hydrogens is 282 g/mol. The molecule has 7 heteroatoms. The molecule has 0 bridgehead atoms. The van der Waals surface area contributed by atoms with Crippen LogP contribution < -0.4 is 5.32 Å². The highest BCUT2D eigenvalue weighted by Crippen LogP contribution is 2.28. The highest BCUT2D eigenvalue weighted by molar-refractivity contribution is 6.33. The predicted molar refractivity (Wildman–Crippen MR) is 77.0 cm³/mol. The lowest BCUT2D eigenvalue weighted by Gasteiger charge is -2.21. The van der Waals surface area contributed by atoms with Crippen molar-refractivity contribution in [3.8, 4) is 0 Å². The van der Waals surface area contributed by atoms with E-state index in [1.165, 1.54) is 12.1 Å². The summed E-state index contributed by atoms with van der Waals surface area (Å²) in [5.74, 6) is 0.107. The Bertz CT molecular complexity index is 548. The van der Waals surface area contributed by atoms with E-state index >= 15 is 0 Å². The zero-order valence-corrected chi connectivity index (χ0v) is 12.1. The number of halogens is 1. The largest absolute Gasteiger partial charge is 0.379 e. The van der Waals surface area contributed by atoms with Crippen LogP contribution in [0.25, 0.3) is 0 Å². The quantitative estimate of drug-likeness (QED) is 0.685. The van der Waals surface area contributed by atoms with E-state index in [4.69, 9.17) is 11.6 Å². The number of nitro groups is 1. The van der Waals surface area contributed by atoms with E-state index in [0.29, 0.717) is 18.7 Å². The minimum Gasteiger partial charge on any atom is -0.379 e. The molecule has 6 nitrogen and oxygen atoms in total. The SMILES string of the molecule is CC(C)N1CC(Nc2ccc([N+](=O)[O-])cc2Cl)CC1=O. The van der Waals surface area contributed by atoms with Crippen LogP contribution in [0.15, 0.2) is 18.2 Å². The number of carbonyl (C=O) groups excluding carboxylic acids is 1. The summed E-state index contributed by atoms with van der Waals surface area (Å²) in [6.45, 7) is 4.56. The van der Waals surface area contributed by atoms with E-state index in [1.807, 2.05) is 13.8 Å². The summed E-state index contributed by atoms with van der Waals surface area (Å²) in [6, 6.07) is 4.42. The Balaban J connectivity index is 2.08. The number of amides is 1. The van der Waals surface area contributed by atoms with Crippen LogP contribution in [0.4, 0.5) is 11.4 Å². The maximum Gasteiger partial charge on any atom is 0.271 e. The Morgan fingerprint density at radius 2 is 2.20 bits per heavy atom. The summed E-state index contributed by atoms with van der Waals surface area (Å²) in [4.78, 5) is 23.8. The topological polar surface area (TPSA) is 75.5 Å². The minimum absolute atomic E-state index is 0.0242. The van der Waals surface area contributed by atoms with Gasteiger partial charge in [0.05, 0.1) is 21.7 Å². The normalized spacial score (nSPS) is 18.7. The Hall–Kier alpha value is -1.82. The maximum absolute atomic E-state index is 11.8. The summed E-state index contributed by atoms with van der Waals surface area (Å²) < 4.78 is 0. The number of nitro benzene ring substituents is 1. The number of likely N-dealkylation sites (tertiary alicyclic amines) is 1. The van der Waals surface area contributed by atoms with Gasteiger partial charge in [0, 0.05) is 31.1 Å². The third kappa shape index (κ3) is 3.01. The van der Waals surface area contributed by atoms with E-state index in [2.05, 4.69) is 5.32 Å². The minimum atomic E-state index is -0.491. The van der Waals surface area contributed by atoms with E-state index in [9.17, 15) is 14.9 Å². The number of nitrogens with zero attached hydrogens (tertiary/aromatic N) is 2. The fourth-order valence-corrected chi connectivity index (χ4v) is 2.51. The van der Waals surface area contributed by atoms with Gasteiger partial charge in [0.15, 0.2) is 0 Å². The number of anilines is 1. The number of benzene rings is 1. The van der Waals surface area contributed by atoms with Gasteiger partial charge in [-0.25, -0.2) is 0 Å². The predicted octanol–water partition coefficient (Wildman–Crippen LogP) is 2.67. The molecule has 0 aromatic heterocycles. The first-order valence-corrected chi connectivity index (χ1v) is 6.76. The van der Waals surface area contributed by atoms with Crippen molar-refractivity contribution in [2.75, 3.05) is 11.9 Å².